The summed E-state index contributed by atoms with van der Waals surface area (Å²) >= 11 is 0. The van der Waals surface area contributed by atoms with Gasteiger partial charge in [0.05, 0.1) is 5.56 Å². The minimum atomic E-state index is -0.138. The third-order valence-electron chi connectivity index (χ3n) is 2.37. The van der Waals surface area contributed by atoms with Gasteiger partial charge >= 0.3 is 0 Å². The predicted octanol–water partition coefficient (Wildman–Crippen LogP) is 1.96. The van der Waals surface area contributed by atoms with Gasteiger partial charge in [-0.1, -0.05) is 6.92 Å². The van der Waals surface area contributed by atoms with E-state index in [2.05, 4.69) is 10.3 Å². The number of nitrogens with one attached hydrogen (secondary N) is 1. The van der Waals surface area contributed by atoms with Gasteiger partial charge in [0.15, 0.2) is 0 Å². The number of ketones is 1. The maximum absolute atomic E-state index is 11.6. The van der Waals surface area contributed by atoms with E-state index in [-0.39, 0.29) is 11.7 Å². The summed E-state index contributed by atoms with van der Waals surface area (Å²) in [7, 11) is 0. The first-order valence-corrected chi connectivity index (χ1v) is 5.94. The van der Waals surface area contributed by atoms with Gasteiger partial charge in [0.1, 0.15) is 5.78 Å². The van der Waals surface area contributed by atoms with Crippen LogP contribution in [0.25, 0.3) is 0 Å². The molecule has 1 aromatic rings. The Bertz CT molecular complexity index is 363. The number of carbonyl (C=O) groups is 2. The topological polar surface area (TPSA) is 59.1 Å². The van der Waals surface area contributed by atoms with Gasteiger partial charge < -0.3 is 5.32 Å². The zero-order valence-electron chi connectivity index (χ0n) is 10.1. The molecule has 0 aliphatic rings. The van der Waals surface area contributed by atoms with E-state index in [1.54, 1.807) is 18.3 Å². The molecule has 17 heavy (non-hydrogen) atoms. The fourth-order valence-corrected chi connectivity index (χ4v) is 1.49. The van der Waals surface area contributed by atoms with Gasteiger partial charge in [-0.2, -0.15) is 0 Å². The van der Waals surface area contributed by atoms with Crippen LogP contribution in [0.15, 0.2) is 24.5 Å². The fourth-order valence-electron chi connectivity index (χ4n) is 1.49. The maximum atomic E-state index is 11.6. The molecule has 4 heteroatoms. The van der Waals surface area contributed by atoms with E-state index in [9.17, 15) is 9.59 Å². The smallest absolute Gasteiger partial charge is 0.252 e. The lowest BCUT2D eigenvalue weighted by Gasteiger charge is -2.04. The van der Waals surface area contributed by atoms with E-state index in [1.165, 1.54) is 6.20 Å². The first-order chi connectivity index (χ1) is 8.24. The van der Waals surface area contributed by atoms with Crippen LogP contribution >= 0.6 is 0 Å². The summed E-state index contributed by atoms with van der Waals surface area (Å²) in [5.41, 5.74) is 0.549. The molecule has 0 fully saturated rings. The molecular formula is C13H18N2O2. The lowest BCUT2D eigenvalue weighted by atomic mass is 10.1. The lowest BCUT2D eigenvalue weighted by Crippen LogP contribution is -2.24. The van der Waals surface area contributed by atoms with E-state index in [1.807, 2.05) is 6.92 Å². The number of rotatable bonds is 7. The first-order valence-electron chi connectivity index (χ1n) is 5.94. The summed E-state index contributed by atoms with van der Waals surface area (Å²) in [6, 6.07) is 3.43. The minimum Gasteiger partial charge on any atom is -0.352 e. The molecule has 0 aromatic carbocycles. The molecule has 0 saturated heterocycles. The third-order valence-corrected chi connectivity index (χ3v) is 2.37. The van der Waals surface area contributed by atoms with Crippen LogP contribution in [0.1, 0.15) is 43.0 Å². The van der Waals surface area contributed by atoms with Crippen molar-refractivity contribution in [1.29, 1.82) is 0 Å². The van der Waals surface area contributed by atoms with Crippen LogP contribution in [0.2, 0.25) is 0 Å². The van der Waals surface area contributed by atoms with Crippen molar-refractivity contribution in [3.05, 3.63) is 30.1 Å². The van der Waals surface area contributed by atoms with Crippen molar-refractivity contribution >= 4 is 11.7 Å². The quantitative estimate of drug-likeness (QED) is 0.734. The molecule has 0 aliphatic heterocycles. The molecular weight excluding hydrogens is 216 g/mol. The zero-order valence-corrected chi connectivity index (χ0v) is 10.1. The highest BCUT2D eigenvalue weighted by molar-refractivity contribution is 5.93. The van der Waals surface area contributed by atoms with Crippen molar-refractivity contribution in [2.45, 2.75) is 32.6 Å². The second-order valence-corrected chi connectivity index (χ2v) is 3.89. The highest BCUT2D eigenvalue weighted by Crippen LogP contribution is 1.98. The Hall–Kier alpha value is -1.71. The van der Waals surface area contributed by atoms with Gasteiger partial charge in [0.25, 0.3) is 5.91 Å². The summed E-state index contributed by atoms with van der Waals surface area (Å²) in [5, 5.41) is 2.77. The third kappa shape index (κ3) is 5.24. The van der Waals surface area contributed by atoms with Crippen molar-refractivity contribution < 1.29 is 9.59 Å². The molecule has 0 saturated carbocycles. The van der Waals surface area contributed by atoms with Crippen LogP contribution in [0.5, 0.6) is 0 Å². The molecule has 1 N–H and O–H groups in total. The molecule has 0 spiro atoms. The van der Waals surface area contributed by atoms with Crippen LogP contribution in [0, 0.1) is 0 Å². The molecule has 0 atom stereocenters. The van der Waals surface area contributed by atoms with Gasteiger partial charge in [-0.25, -0.2) is 0 Å². The second kappa shape index (κ2) is 7.54. The summed E-state index contributed by atoms with van der Waals surface area (Å²) in [6.07, 6.45) is 5.92. The standard InChI is InChI=1S/C13H18N2O2/c1-2-5-12(16)7-4-9-15-13(17)11-6-3-8-14-10-11/h3,6,8,10H,2,4-5,7,9H2,1H3,(H,15,17). The highest BCUT2D eigenvalue weighted by atomic mass is 16.1. The number of aromatic nitrogens is 1. The molecule has 0 radical (unpaired) electrons. The van der Waals surface area contributed by atoms with Crippen LogP contribution in [-0.2, 0) is 4.79 Å². The van der Waals surface area contributed by atoms with Gasteiger partial charge in [0, 0.05) is 31.8 Å². The maximum Gasteiger partial charge on any atom is 0.252 e. The van der Waals surface area contributed by atoms with Crippen LogP contribution in [0.4, 0.5) is 0 Å². The van der Waals surface area contributed by atoms with Crippen LogP contribution in [0.3, 0.4) is 0 Å². The monoisotopic (exact) mass is 234 g/mol. The summed E-state index contributed by atoms with van der Waals surface area (Å²) in [4.78, 5) is 26.7. The molecule has 1 heterocycles. The number of Topliss-reactive ketones (excluding diaryl/α,β-unsaturated/α-hetero) is 1. The molecule has 1 amide bonds. The normalized spacial score (nSPS) is 9.94. The minimum absolute atomic E-state index is 0.138. The van der Waals surface area contributed by atoms with Crippen molar-refractivity contribution in [2.75, 3.05) is 6.54 Å². The first kappa shape index (κ1) is 13.4. The molecule has 4 nitrogen and oxygen atoms in total. The summed E-state index contributed by atoms with van der Waals surface area (Å²) in [5.74, 6) is 0.129. The second-order valence-electron chi connectivity index (χ2n) is 3.89. The van der Waals surface area contributed by atoms with Gasteiger partial charge in [-0.3, -0.25) is 14.6 Å². The molecule has 0 aliphatic carbocycles. The van der Waals surface area contributed by atoms with Crippen molar-refractivity contribution in [3.63, 3.8) is 0 Å². The van der Waals surface area contributed by atoms with Gasteiger partial charge in [0.2, 0.25) is 0 Å². The molecule has 92 valence electrons. The average molecular weight is 234 g/mol. The fraction of sp³-hybridized carbons (Fsp3) is 0.462. The molecule has 1 aromatic heterocycles. The highest BCUT2D eigenvalue weighted by Gasteiger charge is 2.04. The zero-order chi connectivity index (χ0) is 12.5. The van der Waals surface area contributed by atoms with Crippen molar-refractivity contribution in [2.24, 2.45) is 0 Å². The van der Waals surface area contributed by atoms with Crippen molar-refractivity contribution in [1.82, 2.24) is 10.3 Å². The van der Waals surface area contributed by atoms with Gasteiger partial charge in [-0.15, -0.1) is 0 Å². The average Bonchev–Trinajstić information content (AvgIpc) is 2.36. The van der Waals surface area contributed by atoms with E-state index in [4.69, 9.17) is 0 Å². The van der Waals surface area contributed by atoms with E-state index in [0.717, 1.165) is 6.42 Å². The Morgan fingerprint density at radius 3 is 2.82 bits per heavy atom. The van der Waals surface area contributed by atoms with E-state index < -0.39 is 0 Å². The SMILES string of the molecule is CCCC(=O)CCCNC(=O)c1cccnc1. The lowest BCUT2D eigenvalue weighted by molar-refractivity contribution is -0.119. The summed E-state index contributed by atoms with van der Waals surface area (Å²) in [6.45, 7) is 2.52. The predicted molar refractivity (Wildman–Crippen MR) is 65.7 cm³/mol. The Balaban J connectivity index is 2.19. The number of carbonyl (C=O) groups excluding carboxylic acids is 2. The molecule has 0 bridgehead atoms. The largest absolute Gasteiger partial charge is 0.352 e. The Labute approximate surface area is 101 Å². The Morgan fingerprint density at radius 2 is 2.18 bits per heavy atom. The number of pyridine rings is 1. The molecule has 0 unspecified atom stereocenters. The Kier molecular flexibility index (Phi) is 5.93. The van der Waals surface area contributed by atoms with E-state index >= 15 is 0 Å². The summed E-state index contributed by atoms with van der Waals surface area (Å²) < 4.78 is 0. The number of nitrogens with zero attached hydrogens (tertiary/aromatic N) is 1. The van der Waals surface area contributed by atoms with E-state index in [0.29, 0.717) is 31.4 Å². The van der Waals surface area contributed by atoms with Crippen LogP contribution < -0.4 is 5.32 Å². The Morgan fingerprint density at radius 1 is 1.35 bits per heavy atom. The van der Waals surface area contributed by atoms with Crippen LogP contribution in [-0.4, -0.2) is 23.2 Å². The number of hydrogen-bond donors (Lipinski definition) is 1. The number of amides is 1. The van der Waals surface area contributed by atoms with Crippen molar-refractivity contribution in [3.8, 4) is 0 Å². The molecule has 1 rings (SSSR count). The van der Waals surface area contributed by atoms with Gasteiger partial charge in [-0.05, 0) is 25.0 Å². The number of hydrogen-bond acceptors (Lipinski definition) is 3.